The van der Waals surface area contributed by atoms with E-state index in [0.29, 0.717) is 24.4 Å². The zero-order chi connectivity index (χ0) is 20.0. The van der Waals surface area contributed by atoms with Crippen LogP contribution >= 0.6 is 0 Å². The minimum absolute atomic E-state index is 0.0563. The molecule has 1 aromatic rings. The van der Waals surface area contributed by atoms with Crippen LogP contribution in [0.25, 0.3) is 0 Å². The highest BCUT2D eigenvalue weighted by Gasteiger charge is 2.35. The SMILES string of the molecule is CC(C)CCCC(C)CCCC(C)(O)C(O)CN1Cc2ccccc2C1=O. The molecule has 0 aromatic heterocycles. The molecule has 2 N–H and O–H groups in total. The van der Waals surface area contributed by atoms with E-state index in [1.165, 1.54) is 19.3 Å². The van der Waals surface area contributed by atoms with E-state index in [4.69, 9.17) is 0 Å². The molecule has 1 aromatic carbocycles. The zero-order valence-electron chi connectivity index (χ0n) is 17.4. The molecule has 1 heterocycles. The van der Waals surface area contributed by atoms with E-state index in [0.717, 1.165) is 24.3 Å². The molecular weight excluding hydrogens is 338 g/mol. The van der Waals surface area contributed by atoms with Gasteiger partial charge in [-0.3, -0.25) is 4.79 Å². The third-order valence-electron chi connectivity index (χ3n) is 5.87. The van der Waals surface area contributed by atoms with Crippen LogP contribution in [-0.2, 0) is 6.54 Å². The lowest BCUT2D eigenvalue weighted by Crippen LogP contribution is -2.47. The van der Waals surface area contributed by atoms with Gasteiger partial charge in [-0.2, -0.15) is 0 Å². The monoisotopic (exact) mass is 375 g/mol. The van der Waals surface area contributed by atoms with Crippen LogP contribution in [0.15, 0.2) is 24.3 Å². The van der Waals surface area contributed by atoms with Crippen molar-refractivity contribution < 1.29 is 15.0 Å². The Hall–Kier alpha value is -1.39. The Morgan fingerprint density at radius 3 is 2.44 bits per heavy atom. The van der Waals surface area contributed by atoms with Crippen molar-refractivity contribution in [3.8, 4) is 0 Å². The number of hydrogen-bond donors (Lipinski definition) is 2. The number of nitrogens with zero attached hydrogens (tertiary/aromatic N) is 1. The summed E-state index contributed by atoms with van der Waals surface area (Å²) in [5, 5.41) is 21.3. The zero-order valence-corrected chi connectivity index (χ0v) is 17.4. The van der Waals surface area contributed by atoms with Crippen molar-refractivity contribution >= 4 is 5.91 Å². The number of fused-ring (bicyclic) bond motifs is 1. The van der Waals surface area contributed by atoms with Gasteiger partial charge in [0.25, 0.3) is 5.91 Å². The third-order valence-corrected chi connectivity index (χ3v) is 5.87. The molecule has 1 amide bonds. The molecule has 3 atom stereocenters. The van der Waals surface area contributed by atoms with Gasteiger partial charge in [0, 0.05) is 12.1 Å². The van der Waals surface area contributed by atoms with E-state index in [9.17, 15) is 15.0 Å². The molecule has 0 fully saturated rings. The number of amides is 1. The van der Waals surface area contributed by atoms with E-state index in [1.807, 2.05) is 24.3 Å². The summed E-state index contributed by atoms with van der Waals surface area (Å²) in [4.78, 5) is 14.1. The average molecular weight is 376 g/mol. The number of carbonyl (C=O) groups excluding carboxylic acids is 1. The summed E-state index contributed by atoms with van der Waals surface area (Å²) in [6, 6.07) is 7.54. The van der Waals surface area contributed by atoms with Crippen molar-refractivity contribution in [3.05, 3.63) is 35.4 Å². The van der Waals surface area contributed by atoms with Crippen LogP contribution in [-0.4, -0.2) is 39.3 Å². The number of benzene rings is 1. The van der Waals surface area contributed by atoms with Crippen LogP contribution in [0, 0.1) is 11.8 Å². The van der Waals surface area contributed by atoms with E-state index in [1.54, 1.807) is 11.8 Å². The molecule has 2 rings (SSSR count). The fraction of sp³-hybridized carbons (Fsp3) is 0.696. The Bertz CT molecular complexity index is 611. The van der Waals surface area contributed by atoms with Crippen molar-refractivity contribution in [1.82, 2.24) is 4.90 Å². The minimum atomic E-state index is -1.17. The third kappa shape index (κ3) is 6.32. The predicted octanol–water partition coefficient (Wildman–Crippen LogP) is 4.39. The Morgan fingerprint density at radius 2 is 1.78 bits per heavy atom. The molecule has 4 nitrogen and oxygen atoms in total. The molecule has 152 valence electrons. The van der Waals surface area contributed by atoms with Crippen LogP contribution in [0.3, 0.4) is 0 Å². The van der Waals surface area contributed by atoms with Gasteiger partial charge in [-0.25, -0.2) is 0 Å². The first-order valence-electron chi connectivity index (χ1n) is 10.5. The topological polar surface area (TPSA) is 60.8 Å². The molecular formula is C23H37NO3. The predicted molar refractivity (Wildman–Crippen MR) is 110 cm³/mol. The first kappa shape index (κ1) is 21.9. The van der Waals surface area contributed by atoms with Crippen LogP contribution < -0.4 is 0 Å². The van der Waals surface area contributed by atoms with Crippen LogP contribution in [0.4, 0.5) is 0 Å². The van der Waals surface area contributed by atoms with Gasteiger partial charge in [0.05, 0.1) is 18.2 Å². The van der Waals surface area contributed by atoms with Crippen LogP contribution in [0.1, 0.15) is 82.1 Å². The van der Waals surface area contributed by atoms with E-state index < -0.39 is 11.7 Å². The summed E-state index contributed by atoms with van der Waals surface area (Å²) in [5.74, 6) is 1.35. The summed E-state index contributed by atoms with van der Waals surface area (Å²) in [5.41, 5.74) is 0.524. The van der Waals surface area contributed by atoms with Crippen molar-refractivity contribution in [2.75, 3.05) is 6.54 Å². The number of carbonyl (C=O) groups is 1. The molecule has 0 saturated carbocycles. The number of rotatable bonds is 11. The van der Waals surface area contributed by atoms with Crippen molar-refractivity contribution in [2.24, 2.45) is 11.8 Å². The maximum absolute atomic E-state index is 12.4. The maximum atomic E-state index is 12.4. The van der Waals surface area contributed by atoms with E-state index in [-0.39, 0.29) is 12.5 Å². The van der Waals surface area contributed by atoms with Crippen molar-refractivity contribution in [1.29, 1.82) is 0 Å². The summed E-state index contributed by atoms with van der Waals surface area (Å²) in [6.45, 7) is 9.15. The van der Waals surface area contributed by atoms with Gasteiger partial charge in [0.1, 0.15) is 0 Å². The Balaban J connectivity index is 1.75. The Labute approximate surface area is 164 Å². The summed E-state index contributed by atoms with van der Waals surface area (Å²) in [7, 11) is 0. The molecule has 0 aliphatic carbocycles. The van der Waals surface area contributed by atoms with Gasteiger partial charge < -0.3 is 15.1 Å². The quantitative estimate of drug-likeness (QED) is 0.603. The van der Waals surface area contributed by atoms with Crippen LogP contribution in [0.2, 0.25) is 0 Å². The molecule has 27 heavy (non-hydrogen) atoms. The second kappa shape index (κ2) is 9.70. The van der Waals surface area contributed by atoms with Crippen molar-refractivity contribution in [3.63, 3.8) is 0 Å². The Morgan fingerprint density at radius 1 is 1.11 bits per heavy atom. The summed E-state index contributed by atoms with van der Waals surface area (Å²) < 4.78 is 0. The highest BCUT2D eigenvalue weighted by molar-refractivity contribution is 5.98. The molecule has 0 spiro atoms. The van der Waals surface area contributed by atoms with Gasteiger partial charge >= 0.3 is 0 Å². The smallest absolute Gasteiger partial charge is 0.254 e. The fourth-order valence-electron chi connectivity index (χ4n) is 3.86. The Kier molecular flexibility index (Phi) is 7.87. The fourth-order valence-corrected chi connectivity index (χ4v) is 3.86. The number of hydrogen-bond acceptors (Lipinski definition) is 3. The molecule has 4 heteroatoms. The van der Waals surface area contributed by atoms with Gasteiger partial charge in [-0.05, 0) is 36.8 Å². The molecule has 0 radical (unpaired) electrons. The van der Waals surface area contributed by atoms with Crippen LogP contribution in [0.5, 0.6) is 0 Å². The van der Waals surface area contributed by atoms with Gasteiger partial charge in [0.2, 0.25) is 0 Å². The summed E-state index contributed by atoms with van der Waals surface area (Å²) >= 11 is 0. The maximum Gasteiger partial charge on any atom is 0.254 e. The number of aliphatic hydroxyl groups excluding tert-OH is 1. The van der Waals surface area contributed by atoms with E-state index in [2.05, 4.69) is 20.8 Å². The largest absolute Gasteiger partial charge is 0.388 e. The number of β-amino-alcohol motifs (C(OH)–C–C–N with tert-alkyl or cyclic N) is 1. The van der Waals surface area contributed by atoms with Gasteiger partial charge in [-0.1, -0.05) is 71.1 Å². The second-order valence-corrected chi connectivity index (χ2v) is 9.04. The van der Waals surface area contributed by atoms with Gasteiger partial charge in [-0.15, -0.1) is 0 Å². The molecule has 1 aliphatic rings. The average Bonchev–Trinajstić information content (AvgIpc) is 2.90. The summed E-state index contributed by atoms with van der Waals surface area (Å²) in [6.07, 6.45) is 5.33. The standard InChI is InChI=1S/C23H37NO3/c1-17(2)9-7-10-18(3)11-8-14-23(4,27)21(25)16-24-15-19-12-5-6-13-20(19)22(24)26/h5-6,12-13,17-18,21,25,27H,7-11,14-16H2,1-4H3. The molecule has 3 unspecified atom stereocenters. The highest BCUT2D eigenvalue weighted by atomic mass is 16.3. The lowest BCUT2D eigenvalue weighted by Gasteiger charge is -2.32. The van der Waals surface area contributed by atoms with E-state index >= 15 is 0 Å². The minimum Gasteiger partial charge on any atom is -0.388 e. The lowest BCUT2D eigenvalue weighted by molar-refractivity contribution is -0.0772. The first-order chi connectivity index (χ1) is 12.7. The van der Waals surface area contributed by atoms with Crippen molar-refractivity contribution in [2.45, 2.75) is 84.5 Å². The highest BCUT2D eigenvalue weighted by Crippen LogP contribution is 2.27. The molecule has 1 aliphatic heterocycles. The molecule has 0 saturated heterocycles. The normalized spacial score (nSPS) is 18.5. The number of aliphatic hydroxyl groups is 2. The van der Waals surface area contributed by atoms with Gasteiger partial charge in [0.15, 0.2) is 0 Å². The molecule has 0 bridgehead atoms. The second-order valence-electron chi connectivity index (χ2n) is 9.04. The lowest BCUT2D eigenvalue weighted by atomic mass is 9.89. The first-order valence-corrected chi connectivity index (χ1v) is 10.5.